The molecule has 8 rings (SSSR count). The zero-order valence-electron chi connectivity index (χ0n) is 24.0. The number of hydrogen-bond donors (Lipinski definition) is 0. The van der Waals surface area contributed by atoms with Crippen LogP contribution in [-0.2, 0) is 0 Å². The summed E-state index contributed by atoms with van der Waals surface area (Å²) in [6.45, 7) is 7.62. The zero-order chi connectivity index (χ0) is 31.7. The fraction of sp³-hybridized carbons (Fsp3) is 0. The summed E-state index contributed by atoms with van der Waals surface area (Å²) in [6, 6.07) is 31.7. The Morgan fingerprint density at radius 3 is 1.66 bits per heavy atom. The Kier molecular flexibility index (Phi) is 8.36. The van der Waals surface area contributed by atoms with Gasteiger partial charge in [-0.15, -0.1) is 56.7 Å². The molecule has 8 aromatic rings. The van der Waals surface area contributed by atoms with Gasteiger partial charge in [0, 0.05) is 59.9 Å². The Morgan fingerprint density at radius 2 is 1.13 bits per heavy atom. The van der Waals surface area contributed by atoms with Crippen molar-refractivity contribution in [3.05, 3.63) is 127 Å². The summed E-state index contributed by atoms with van der Waals surface area (Å²) in [5, 5.41) is 13.7. The van der Waals surface area contributed by atoms with E-state index >= 15 is 0 Å². The topological polar surface area (TPSA) is 53.9 Å². The second-order valence-electron chi connectivity index (χ2n) is 10.1. The third kappa shape index (κ3) is 6.00. The Hall–Kier alpha value is -4.30. The van der Waals surface area contributed by atoms with E-state index in [2.05, 4.69) is 71.6 Å². The van der Waals surface area contributed by atoms with Crippen molar-refractivity contribution in [1.29, 1.82) is 5.26 Å². The summed E-state index contributed by atoms with van der Waals surface area (Å²) in [4.78, 5) is 14.9. The van der Waals surface area contributed by atoms with Crippen LogP contribution in [0.4, 0.5) is 0 Å². The average Bonchev–Trinajstić information content (AvgIpc) is 3.92. The van der Waals surface area contributed by atoms with E-state index < -0.39 is 0 Å². The minimum atomic E-state index is 0.674. The molecule has 0 spiro atoms. The normalized spacial score (nSPS) is 12.0. The molecule has 0 aliphatic rings. The van der Waals surface area contributed by atoms with Gasteiger partial charge >= 0.3 is 0 Å². The first kappa shape index (κ1) is 30.1. The van der Waals surface area contributed by atoms with Gasteiger partial charge in [-0.25, -0.2) is 4.85 Å². The molecule has 7 aromatic heterocycles. The summed E-state index contributed by atoms with van der Waals surface area (Å²) in [5.74, 6) is 0. The van der Waals surface area contributed by atoms with Crippen LogP contribution in [0.2, 0.25) is 0 Å². The highest BCUT2D eigenvalue weighted by atomic mass is 32.1. The standard InChI is InChI=1S/C36H18N4S7/c1-38-26(30-5-3-17-42-30)19-23-7-11-32(44-23)34-15-13-29(46-34)25-9-8-24(35-36(25)40-47-39-35)28-12-14-33(45-28)31-10-6-22(43-31)18-21(20-37)27-4-2-16-41-27/h2-19H/b21-18+,26-19-. The number of aromatic nitrogens is 2. The zero-order valence-corrected chi connectivity index (χ0v) is 29.8. The first-order valence-corrected chi connectivity index (χ1v) is 19.9. The van der Waals surface area contributed by atoms with Crippen molar-refractivity contribution in [2.75, 3.05) is 0 Å². The molecule has 47 heavy (non-hydrogen) atoms. The van der Waals surface area contributed by atoms with E-state index in [0.717, 1.165) is 51.4 Å². The second kappa shape index (κ2) is 13.1. The van der Waals surface area contributed by atoms with Gasteiger partial charge in [0.05, 0.1) is 23.9 Å². The molecule has 224 valence electrons. The van der Waals surface area contributed by atoms with Gasteiger partial charge in [0.1, 0.15) is 17.1 Å². The molecule has 0 fully saturated rings. The Balaban J connectivity index is 1.05. The van der Waals surface area contributed by atoms with Gasteiger partial charge in [0.25, 0.3) is 0 Å². The van der Waals surface area contributed by atoms with Crippen LogP contribution in [0.25, 0.3) is 79.7 Å². The minimum absolute atomic E-state index is 0.674. The van der Waals surface area contributed by atoms with Gasteiger partial charge in [-0.3, -0.25) is 0 Å². The highest BCUT2D eigenvalue weighted by Gasteiger charge is 2.18. The first-order valence-electron chi connectivity index (χ1n) is 14.1. The molecule has 0 aliphatic carbocycles. The van der Waals surface area contributed by atoms with E-state index in [4.69, 9.17) is 15.3 Å². The quantitative estimate of drug-likeness (QED) is 0.116. The molecular weight excluding hydrogens is 713 g/mol. The lowest BCUT2D eigenvalue weighted by atomic mass is 10.1. The van der Waals surface area contributed by atoms with Gasteiger partial charge in [0.2, 0.25) is 5.70 Å². The van der Waals surface area contributed by atoms with Gasteiger partial charge in [-0.1, -0.05) is 30.3 Å². The SMILES string of the molecule is [C-]#[N+]/C(=C\c1ccc(-c2ccc(-c3ccc(-c4ccc(-c5ccc(/C=C(\C#N)c6cccs6)s5)s4)c4nsnc34)s2)s1)c1cccs1. The van der Waals surface area contributed by atoms with E-state index in [9.17, 15) is 5.26 Å². The van der Waals surface area contributed by atoms with Crippen LogP contribution in [0.1, 0.15) is 19.5 Å². The second-order valence-corrected chi connectivity index (χ2v) is 16.9. The molecule has 0 atom stereocenters. The van der Waals surface area contributed by atoms with Crippen LogP contribution in [-0.4, -0.2) is 8.75 Å². The van der Waals surface area contributed by atoms with Crippen molar-refractivity contribution in [2.45, 2.75) is 0 Å². The lowest BCUT2D eigenvalue weighted by molar-refractivity contribution is 1.54. The number of benzene rings is 1. The number of nitrogens with zero attached hydrogens (tertiary/aromatic N) is 4. The Bertz CT molecular complexity index is 2320. The van der Waals surface area contributed by atoms with Crippen molar-refractivity contribution < 1.29 is 0 Å². The smallest absolute Gasteiger partial charge is 0.205 e. The Labute approximate surface area is 298 Å². The lowest BCUT2D eigenvalue weighted by Gasteiger charge is -2.03. The highest BCUT2D eigenvalue weighted by Crippen LogP contribution is 2.44. The van der Waals surface area contributed by atoms with Crippen LogP contribution < -0.4 is 0 Å². The van der Waals surface area contributed by atoms with Crippen LogP contribution in [0.15, 0.2) is 95.7 Å². The van der Waals surface area contributed by atoms with Crippen molar-refractivity contribution in [1.82, 2.24) is 8.75 Å². The summed E-state index contributed by atoms with van der Waals surface area (Å²) in [6.07, 6.45) is 3.95. The number of allylic oxidation sites excluding steroid dienone is 1. The minimum Gasteiger partial charge on any atom is -0.237 e. The predicted octanol–water partition coefficient (Wildman–Crippen LogP) is 13.2. The molecule has 0 N–H and O–H groups in total. The largest absolute Gasteiger partial charge is 0.237 e. The summed E-state index contributed by atoms with van der Waals surface area (Å²) in [7, 11) is 0. The number of thiophene rings is 6. The third-order valence-electron chi connectivity index (χ3n) is 7.26. The lowest BCUT2D eigenvalue weighted by Crippen LogP contribution is -1.81. The number of nitriles is 1. The van der Waals surface area contributed by atoms with Crippen molar-refractivity contribution >= 4 is 114 Å². The van der Waals surface area contributed by atoms with Crippen LogP contribution in [0, 0.1) is 17.9 Å². The van der Waals surface area contributed by atoms with Crippen LogP contribution in [0.5, 0.6) is 0 Å². The van der Waals surface area contributed by atoms with Gasteiger partial charge in [-0.2, -0.15) is 25.3 Å². The molecule has 0 saturated heterocycles. The summed E-state index contributed by atoms with van der Waals surface area (Å²) < 4.78 is 9.48. The maximum Gasteiger partial charge on any atom is 0.205 e. The van der Waals surface area contributed by atoms with Crippen molar-refractivity contribution in [3.8, 4) is 46.5 Å². The summed E-state index contributed by atoms with van der Waals surface area (Å²) >= 11 is 11.3. The van der Waals surface area contributed by atoms with Crippen LogP contribution in [0.3, 0.4) is 0 Å². The first-order chi connectivity index (χ1) is 23.2. The average molecular weight is 731 g/mol. The molecule has 0 bridgehead atoms. The molecule has 4 nitrogen and oxygen atoms in total. The van der Waals surface area contributed by atoms with Gasteiger partial charge < -0.3 is 0 Å². The molecular formula is C36H18N4S7. The monoisotopic (exact) mass is 730 g/mol. The van der Waals surface area contributed by atoms with Gasteiger partial charge in [-0.05, 0) is 77.5 Å². The fourth-order valence-corrected chi connectivity index (χ4v) is 11.2. The maximum absolute atomic E-state index is 9.67. The molecule has 1 aromatic carbocycles. The van der Waals surface area contributed by atoms with Gasteiger partial charge in [0.15, 0.2) is 0 Å². The van der Waals surface area contributed by atoms with E-state index in [0.29, 0.717) is 11.3 Å². The number of hydrogen-bond acceptors (Lipinski definition) is 10. The molecule has 0 amide bonds. The van der Waals surface area contributed by atoms with E-state index in [1.54, 1.807) is 68.0 Å². The third-order valence-corrected chi connectivity index (χ3v) is 14.3. The van der Waals surface area contributed by atoms with Crippen molar-refractivity contribution in [3.63, 3.8) is 0 Å². The van der Waals surface area contributed by atoms with Crippen molar-refractivity contribution in [2.24, 2.45) is 0 Å². The molecule has 0 unspecified atom stereocenters. The molecule has 0 aliphatic heterocycles. The molecule has 7 heterocycles. The predicted molar refractivity (Wildman–Crippen MR) is 207 cm³/mol. The van der Waals surface area contributed by atoms with Crippen LogP contribution >= 0.6 is 79.7 Å². The number of fused-ring (bicyclic) bond motifs is 1. The maximum atomic E-state index is 9.67. The van der Waals surface area contributed by atoms with E-state index in [1.807, 2.05) is 47.2 Å². The highest BCUT2D eigenvalue weighted by molar-refractivity contribution is 7.25. The van der Waals surface area contributed by atoms with E-state index in [-0.39, 0.29) is 0 Å². The Morgan fingerprint density at radius 1 is 0.617 bits per heavy atom. The van der Waals surface area contributed by atoms with E-state index in [1.165, 1.54) is 31.2 Å². The molecule has 0 radical (unpaired) electrons. The molecule has 11 heteroatoms. The fourth-order valence-electron chi connectivity index (χ4n) is 5.07. The summed E-state index contributed by atoms with van der Waals surface area (Å²) in [5.41, 5.74) is 5.38. The molecule has 0 saturated carbocycles. The number of rotatable bonds is 8.